The Hall–Kier alpha value is -2.65. The average Bonchev–Trinajstić information content (AvgIpc) is 3.46. The van der Waals surface area contributed by atoms with Crippen LogP contribution in [0.1, 0.15) is 35.4 Å². The van der Waals surface area contributed by atoms with Crippen LogP contribution in [-0.2, 0) is 23.5 Å². The first-order valence-corrected chi connectivity index (χ1v) is 14.1. The number of aromatic nitrogens is 4. The second-order valence-corrected chi connectivity index (χ2v) is 11.9. The molecular weight excluding hydrogens is 512 g/mol. The lowest BCUT2D eigenvalue weighted by atomic mass is 9.96. The number of thioether (sulfide) groups is 1. The smallest absolute Gasteiger partial charge is 0.268 e. The molecule has 9 heteroatoms. The molecule has 5 aromatic rings. The Labute approximate surface area is 221 Å². The maximum atomic E-state index is 14.1. The molecule has 1 aliphatic heterocycles. The summed E-state index contributed by atoms with van der Waals surface area (Å²) in [5.74, 6) is 1.53. The molecular formula is C27H25ClN4O2S2. The van der Waals surface area contributed by atoms with Crippen LogP contribution in [0.5, 0.6) is 0 Å². The lowest BCUT2D eigenvalue weighted by molar-refractivity contribution is 0.00200. The summed E-state index contributed by atoms with van der Waals surface area (Å²) in [6.45, 7) is 6.88. The number of fused-ring (bicyclic) bond motifs is 5. The third-order valence-electron chi connectivity index (χ3n) is 6.69. The maximum absolute atomic E-state index is 14.1. The van der Waals surface area contributed by atoms with E-state index >= 15 is 0 Å². The first kappa shape index (κ1) is 23.7. The molecule has 0 spiro atoms. The normalized spacial score (nSPS) is 15.8. The van der Waals surface area contributed by atoms with Gasteiger partial charge in [-0.1, -0.05) is 73.1 Å². The van der Waals surface area contributed by atoms with Crippen molar-refractivity contribution in [1.82, 2.24) is 19.2 Å². The number of halogens is 1. The second-order valence-electron chi connectivity index (χ2n) is 9.46. The van der Waals surface area contributed by atoms with Gasteiger partial charge in [-0.3, -0.25) is 4.79 Å². The van der Waals surface area contributed by atoms with Crippen LogP contribution in [0.2, 0.25) is 5.02 Å². The maximum Gasteiger partial charge on any atom is 0.268 e. The summed E-state index contributed by atoms with van der Waals surface area (Å²) in [5.41, 5.74) is 3.98. The molecule has 1 atom stereocenters. The van der Waals surface area contributed by atoms with E-state index in [-0.39, 0.29) is 11.7 Å². The van der Waals surface area contributed by atoms with E-state index in [2.05, 4.69) is 24.0 Å². The van der Waals surface area contributed by atoms with Crippen molar-refractivity contribution >= 4 is 50.7 Å². The number of rotatable bonds is 5. The van der Waals surface area contributed by atoms with Crippen LogP contribution >= 0.6 is 34.7 Å². The van der Waals surface area contributed by atoms with Gasteiger partial charge in [0.2, 0.25) is 5.78 Å². The van der Waals surface area contributed by atoms with Crippen LogP contribution < -0.4 is 5.56 Å². The summed E-state index contributed by atoms with van der Waals surface area (Å²) in [6, 6.07) is 15.8. The SMILES string of the molecule is Cc1ccc(-n2c(=O)c3c4c(sc3n3c(SCc5ccccc5Cl)nnc23)CO[C@H](C(C)C)C4)cc1. The van der Waals surface area contributed by atoms with Gasteiger partial charge in [-0.05, 0) is 42.2 Å². The highest BCUT2D eigenvalue weighted by atomic mass is 35.5. The van der Waals surface area contributed by atoms with Gasteiger partial charge in [0.15, 0.2) is 5.16 Å². The molecule has 0 radical (unpaired) electrons. The Morgan fingerprint density at radius 2 is 1.94 bits per heavy atom. The van der Waals surface area contributed by atoms with Crippen LogP contribution in [0.25, 0.3) is 21.7 Å². The van der Waals surface area contributed by atoms with Crippen LogP contribution in [-0.4, -0.2) is 25.3 Å². The Morgan fingerprint density at radius 3 is 2.69 bits per heavy atom. The minimum absolute atomic E-state index is 0.0571. The molecule has 0 unspecified atom stereocenters. The Bertz CT molecular complexity index is 1650. The van der Waals surface area contributed by atoms with E-state index in [0.717, 1.165) is 54.1 Å². The highest BCUT2D eigenvalue weighted by Gasteiger charge is 2.30. The zero-order valence-electron chi connectivity index (χ0n) is 20.2. The van der Waals surface area contributed by atoms with E-state index in [4.69, 9.17) is 16.3 Å². The average molecular weight is 537 g/mol. The summed E-state index contributed by atoms with van der Waals surface area (Å²) >= 11 is 9.59. The zero-order chi connectivity index (χ0) is 25.0. The minimum Gasteiger partial charge on any atom is -0.372 e. The standard InChI is InChI=1S/C27H25ClN4O2S2/c1-15(2)21-12-19-22(13-34-21)36-25-23(19)24(33)31(18-10-8-16(3)9-11-18)26-29-30-27(32(25)26)35-14-17-6-4-5-7-20(17)28/h4-11,15,21H,12-14H2,1-3H3/t21-/m0/s1. The lowest BCUT2D eigenvalue weighted by Crippen LogP contribution is -2.28. The van der Waals surface area contributed by atoms with Crippen molar-refractivity contribution in [1.29, 1.82) is 0 Å². The fourth-order valence-corrected chi connectivity index (χ4v) is 7.16. The number of thiophene rings is 1. The van der Waals surface area contributed by atoms with E-state index in [0.29, 0.717) is 24.1 Å². The highest BCUT2D eigenvalue weighted by Crippen LogP contribution is 2.38. The summed E-state index contributed by atoms with van der Waals surface area (Å²) in [6.07, 6.45) is 0.819. The van der Waals surface area contributed by atoms with Gasteiger partial charge >= 0.3 is 0 Å². The summed E-state index contributed by atoms with van der Waals surface area (Å²) in [7, 11) is 0. The fourth-order valence-electron chi connectivity index (χ4n) is 4.64. The zero-order valence-corrected chi connectivity index (χ0v) is 22.6. The fraction of sp³-hybridized carbons (Fsp3) is 0.296. The van der Waals surface area contributed by atoms with Gasteiger partial charge in [-0.15, -0.1) is 21.5 Å². The second kappa shape index (κ2) is 9.34. The van der Waals surface area contributed by atoms with Gasteiger partial charge in [0.05, 0.1) is 23.8 Å². The monoisotopic (exact) mass is 536 g/mol. The summed E-state index contributed by atoms with van der Waals surface area (Å²) in [5, 5.41) is 11.2. The van der Waals surface area contributed by atoms with Crippen molar-refractivity contribution < 1.29 is 4.74 Å². The van der Waals surface area contributed by atoms with Crippen molar-refractivity contribution in [2.75, 3.05) is 0 Å². The third-order valence-corrected chi connectivity index (χ3v) is 9.23. The van der Waals surface area contributed by atoms with Crippen molar-refractivity contribution in [3.05, 3.63) is 85.5 Å². The van der Waals surface area contributed by atoms with E-state index in [1.807, 2.05) is 59.9 Å². The molecule has 0 aliphatic carbocycles. The number of benzene rings is 2. The molecule has 0 amide bonds. The summed E-state index contributed by atoms with van der Waals surface area (Å²) < 4.78 is 9.88. The minimum atomic E-state index is -0.0571. The van der Waals surface area contributed by atoms with Crippen LogP contribution in [0, 0.1) is 12.8 Å². The van der Waals surface area contributed by atoms with E-state index in [1.54, 1.807) is 27.7 Å². The quantitative estimate of drug-likeness (QED) is 0.242. The van der Waals surface area contributed by atoms with Gasteiger partial charge in [-0.25, -0.2) is 8.97 Å². The van der Waals surface area contributed by atoms with Crippen molar-refractivity contribution in [3.63, 3.8) is 0 Å². The van der Waals surface area contributed by atoms with Crippen molar-refractivity contribution in [3.8, 4) is 5.69 Å². The Morgan fingerprint density at radius 1 is 1.17 bits per heavy atom. The molecule has 1 aliphatic rings. The van der Waals surface area contributed by atoms with Crippen molar-refractivity contribution in [2.24, 2.45) is 5.92 Å². The van der Waals surface area contributed by atoms with Gasteiger partial charge in [0.25, 0.3) is 5.56 Å². The van der Waals surface area contributed by atoms with E-state index in [9.17, 15) is 4.79 Å². The number of nitrogens with zero attached hydrogens (tertiary/aromatic N) is 4. The molecule has 0 saturated carbocycles. The lowest BCUT2D eigenvalue weighted by Gasteiger charge is -2.26. The molecule has 0 bridgehead atoms. The molecule has 2 aromatic carbocycles. The van der Waals surface area contributed by atoms with Crippen molar-refractivity contribution in [2.45, 2.75) is 50.8 Å². The molecule has 36 heavy (non-hydrogen) atoms. The number of ether oxygens (including phenoxy) is 1. The summed E-state index contributed by atoms with van der Waals surface area (Å²) in [4.78, 5) is 16.1. The van der Waals surface area contributed by atoms with Gasteiger partial charge < -0.3 is 4.74 Å². The van der Waals surface area contributed by atoms with Gasteiger partial charge in [-0.2, -0.15) is 0 Å². The van der Waals surface area contributed by atoms with Crippen LogP contribution in [0.15, 0.2) is 58.5 Å². The third kappa shape index (κ3) is 3.96. The molecule has 0 fully saturated rings. The molecule has 0 N–H and O–H groups in total. The predicted octanol–water partition coefficient (Wildman–Crippen LogP) is 6.45. The van der Waals surface area contributed by atoms with Gasteiger partial charge in [0, 0.05) is 22.1 Å². The number of aryl methyl sites for hydroxylation is 1. The topological polar surface area (TPSA) is 61.4 Å². The molecule has 184 valence electrons. The molecule has 4 heterocycles. The van der Waals surface area contributed by atoms with Gasteiger partial charge in [0.1, 0.15) is 4.83 Å². The molecule has 6 nitrogen and oxygen atoms in total. The highest BCUT2D eigenvalue weighted by molar-refractivity contribution is 7.98. The van der Waals surface area contributed by atoms with Crippen LogP contribution in [0.3, 0.4) is 0 Å². The number of hydrogen-bond acceptors (Lipinski definition) is 6. The van der Waals surface area contributed by atoms with Crippen LogP contribution in [0.4, 0.5) is 0 Å². The first-order chi connectivity index (χ1) is 17.4. The predicted molar refractivity (Wildman–Crippen MR) is 147 cm³/mol. The van der Waals surface area contributed by atoms with E-state index < -0.39 is 0 Å². The number of hydrogen-bond donors (Lipinski definition) is 0. The first-order valence-electron chi connectivity index (χ1n) is 11.9. The van der Waals surface area contributed by atoms with E-state index in [1.165, 1.54) is 0 Å². The largest absolute Gasteiger partial charge is 0.372 e. The molecule has 3 aromatic heterocycles. The molecule has 6 rings (SSSR count). The Balaban J connectivity index is 1.59. The molecule has 0 saturated heterocycles. The Kier molecular flexibility index (Phi) is 6.16.